The van der Waals surface area contributed by atoms with Gasteiger partial charge in [-0.15, -0.1) is 6.58 Å². The SMILES string of the molecule is C=CC(CCOCCOC)NN. The average Bonchev–Trinajstić information content (AvgIpc) is 2.11. The summed E-state index contributed by atoms with van der Waals surface area (Å²) in [6.07, 6.45) is 2.60. The van der Waals surface area contributed by atoms with Crippen molar-refractivity contribution >= 4 is 0 Å². The van der Waals surface area contributed by atoms with Gasteiger partial charge in [-0.1, -0.05) is 6.08 Å². The van der Waals surface area contributed by atoms with Gasteiger partial charge in [-0.05, 0) is 6.42 Å². The first-order valence-corrected chi connectivity index (χ1v) is 4.00. The Morgan fingerprint density at radius 2 is 2.25 bits per heavy atom. The second-order valence-electron chi connectivity index (χ2n) is 2.40. The molecule has 0 amide bonds. The zero-order valence-corrected chi connectivity index (χ0v) is 7.58. The highest BCUT2D eigenvalue weighted by molar-refractivity contribution is 4.83. The molecule has 0 spiro atoms. The number of hydrazine groups is 1. The zero-order valence-electron chi connectivity index (χ0n) is 7.58. The number of methoxy groups -OCH3 is 1. The monoisotopic (exact) mass is 174 g/mol. The summed E-state index contributed by atoms with van der Waals surface area (Å²) in [5.74, 6) is 5.22. The van der Waals surface area contributed by atoms with Crippen LogP contribution in [-0.2, 0) is 9.47 Å². The average molecular weight is 174 g/mol. The minimum absolute atomic E-state index is 0.132. The number of nitrogens with two attached hydrogens (primary N) is 1. The first-order valence-electron chi connectivity index (χ1n) is 4.00. The molecule has 72 valence electrons. The zero-order chi connectivity index (χ0) is 9.23. The Balaban J connectivity index is 3.12. The van der Waals surface area contributed by atoms with Gasteiger partial charge >= 0.3 is 0 Å². The molecule has 0 radical (unpaired) electrons. The normalized spacial score (nSPS) is 12.8. The lowest BCUT2D eigenvalue weighted by Gasteiger charge is -2.10. The summed E-state index contributed by atoms with van der Waals surface area (Å²) in [7, 11) is 1.65. The first-order chi connectivity index (χ1) is 5.85. The predicted octanol–water partition coefficient (Wildman–Crippen LogP) is 0.0574. The van der Waals surface area contributed by atoms with Crippen LogP contribution < -0.4 is 11.3 Å². The Bertz CT molecular complexity index is 109. The number of rotatable bonds is 8. The minimum Gasteiger partial charge on any atom is -0.382 e. The van der Waals surface area contributed by atoms with Gasteiger partial charge in [-0.25, -0.2) is 0 Å². The van der Waals surface area contributed by atoms with Gasteiger partial charge in [0.25, 0.3) is 0 Å². The molecule has 4 nitrogen and oxygen atoms in total. The molecule has 3 N–H and O–H groups in total. The van der Waals surface area contributed by atoms with Crippen molar-refractivity contribution < 1.29 is 9.47 Å². The predicted molar refractivity (Wildman–Crippen MR) is 48.6 cm³/mol. The van der Waals surface area contributed by atoms with Gasteiger partial charge in [-0.2, -0.15) is 0 Å². The van der Waals surface area contributed by atoms with Gasteiger partial charge in [0.1, 0.15) is 0 Å². The molecule has 0 aromatic heterocycles. The molecule has 0 saturated carbocycles. The van der Waals surface area contributed by atoms with Crippen LogP contribution in [0.4, 0.5) is 0 Å². The van der Waals surface area contributed by atoms with Crippen LogP contribution in [-0.4, -0.2) is 33.0 Å². The molecule has 0 aliphatic rings. The second-order valence-corrected chi connectivity index (χ2v) is 2.40. The Kier molecular flexibility index (Phi) is 8.37. The second kappa shape index (κ2) is 8.67. The minimum atomic E-state index is 0.132. The summed E-state index contributed by atoms with van der Waals surface area (Å²) in [5, 5.41) is 0. The van der Waals surface area contributed by atoms with E-state index in [1.165, 1.54) is 0 Å². The first kappa shape index (κ1) is 11.6. The van der Waals surface area contributed by atoms with Gasteiger partial charge in [0, 0.05) is 19.8 Å². The van der Waals surface area contributed by atoms with Crippen molar-refractivity contribution in [1.29, 1.82) is 0 Å². The molecule has 12 heavy (non-hydrogen) atoms. The standard InChI is InChI=1S/C8H18N2O2/c1-3-8(10-9)4-5-12-7-6-11-2/h3,8,10H,1,4-7,9H2,2H3. The number of ether oxygens (including phenoxy) is 2. The van der Waals surface area contributed by atoms with E-state index in [1.807, 2.05) is 0 Å². The Morgan fingerprint density at radius 1 is 1.50 bits per heavy atom. The van der Waals surface area contributed by atoms with E-state index in [0.29, 0.717) is 19.8 Å². The van der Waals surface area contributed by atoms with Crippen LogP contribution in [0.15, 0.2) is 12.7 Å². The van der Waals surface area contributed by atoms with Crippen LogP contribution in [0.25, 0.3) is 0 Å². The van der Waals surface area contributed by atoms with Gasteiger partial charge in [0.15, 0.2) is 0 Å². The van der Waals surface area contributed by atoms with Crippen molar-refractivity contribution in [3.63, 3.8) is 0 Å². The molecule has 1 unspecified atom stereocenters. The summed E-state index contributed by atoms with van der Waals surface area (Å²) >= 11 is 0. The lowest BCUT2D eigenvalue weighted by atomic mass is 10.2. The quantitative estimate of drug-likeness (QED) is 0.236. The molecule has 0 bridgehead atoms. The van der Waals surface area contributed by atoms with Crippen LogP contribution in [0.5, 0.6) is 0 Å². The summed E-state index contributed by atoms with van der Waals surface area (Å²) < 4.78 is 10.1. The molecule has 0 aliphatic carbocycles. The third-order valence-electron chi connectivity index (χ3n) is 1.50. The van der Waals surface area contributed by atoms with E-state index in [0.717, 1.165) is 6.42 Å². The largest absolute Gasteiger partial charge is 0.382 e. The molecule has 4 heteroatoms. The fourth-order valence-corrected chi connectivity index (χ4v) is 0.724. The molecule has 0 fully saturated rings. The maximum atomic E-state index is 5.24. The van der Waals surface area contributed by atoms with E-state index in [2.05, 4.69) is 12.0 Å². The maximum Gasteiger partial charge on any atom is 0.0700 e. The Morgan fingerprint density at radius 3 is 2.75 bits per heavy atom. The number of hydrogen-bond acceptors (Lipinski definition) is 4. The van der Waals surface area contributed by atoms with Crippen molar-refractivity contribution in [2.45, 2.75) is 12.5 Å². The van der Waals surface area contributed by atoms with Gasteiger partial charge < -0.3 is 9.47 Å². The smallest absolute Gasteiger partial charge is 0.0700 e. The molecule has 0 aromatic carbocycles. The summed E-state index contributed by atoms with van der Waals surface area (Å²) in [4.78, 5) is 0. The van der Waals surface area contributed by atoms with Crippen LogP contribution in [0.3, 0.4) is 0 Å². The fraction of sp³-hybridized carbons (Fsp3) is 0.750. The van der Waals surface area contributed by atoms with Crippen LogP contribution >= 0.6 is 0 Å². The van der Waals surface area contributed by atoms with Crippen molar-refractivity contribution in [3.05, 3.63) is 12.7 Å². The molecule has 0 aromatic rings. The number of nitrogens with one attached hydrogen (secondary N) is 1. The topological polar surface area (TPSA) is 56.5 Å². The lowest BCUT2D eigenvalue weighted by Crippen LogP contribution is -2.34. The van der Waals surface area contributed by atoms with Crippen molar-refractivity contribution in [2.75, 3.05) is 26.9 Å². The van der Waals surface area contributed by atoms with Crippen LogP contribution in [0.1, 0.15) is 6.42 Å². The Labute approximate surface area is 73.7 Å². The molecular weight excluding hydrogens is 156 g/mol. The highest BCUT2D eigenvalue weighted by Gasteiger charge is 1.99. The van der Waals surface area contributed by atoms with E-state index in [9.17, 15) is 0 Å². The highest BCUT2D eigenvalue weighted by atomic mass is 16.5. The lowest BCUT2D eigenvalue weighted by molar-refractivity contribution is 0.0674. The summed E-state index contributed by atoms with van der Waals surface area (Å²) in [6, 6.07) is 0.132. The molecule has 1 atom stereocenters. The van der Waals surface area contributed by atoms with E-state index in [1.54, 1.807) is 13.2 Å². The molecule has 0 rings (SSSR count). The summed E-state index contributed by atoms with van der Waals surface area (Å²) in [6.45, 7) is 5.56. The molecular formula is C8H18N2O2. The van der Waals surface area contributed by atoms with E-state index >= 15 is 0 Å². The highest BCUT2D eigenvalue weighted by Crippen LogP contribution is 1.91. The van der Waals surface area contributed by atoms with E-state index in [-0.39, 0.29) is 6.04 Å². The fourth-order valence-electron chi connectivity index (χ4n) is 0.724. The van der Waals surface area contributed by atoms with Crippen molar-refractivity contribution in [2.24, 2.45) is 5.84 Å². The van der Waals surface area contributed by atoms with Crippen molar-refractivity contribution in [1.82, 2.24) is 5.43 Å². The maximum absolute atomic E-state index is 5.24. The third-order valence-corrected chi connectivity index (χ3v) is 1.50. The van der Waals surface area contributed by atoms with Gasteiger partial charge in [0.2, 0.25) is 0 Å². The van der Waals surface area contributed by atoms with E-state index < -0.39 is 0 Å². The Hall–Kier alpha value is -0.420. The van der Waals surface area contributed by atoms with Gasteiger partial charge in [0.05, 0.1) is 13.2 Å². The van der Waals surface area contributed by atoms with Gasteiger partial charge in [-0.3, -0.25) is 11.3 Å². The van der Waals surface area contributed by atoms with Crippen LogP contribution in [0.2, 0.25) is 0 Å². The molecule has 0 heterocycles. The number of hydrogen-bond donors (Lipinski definition) is 2. The van der Waals surface area contributed by atoms with Crippen LogP contribution in [0, 0.1) is 0 Å². The third kappa shape index (κ3) is 6.30. The summed E-state index contributed by atoms with van der Waals surface area (Å²) in [5.41, 5.74) is 2.61. The van der Waals surface area contributed by atoms with E-state index in [4.69, 9.17) is 15.3 Å². The van der Waals surface area contributed by atoms with Crippen molar-refractivity contribution in [3.8, 4) is 0 Å². The molecule has 0 aliphatic heterocycles. The molecule has 0 saturated heterocycles.